The summed E-state index contributed by atoms with van der Waals surface area (Å²) in [7, 11) is 1.60. The van der Waals surface area contributed by atoms with Crippen LogP contribution >= 0.6 is 0 Å². The maximum atomic E-state index is 10.7. The van der Waals surface area contributed by atoms with Gasteiger partial charge in [0, 0.05) is 12.5 Å². The molecule has 0 atom stereocenters. The largest absolute Gasteiger partial charge is 0.493 e. The van der Waals surface area contributed by atoms with Gasteiger partial charge in [-0.1, -0.05) is 57.0 Å². The van der Waals surface area contributed by atoms with Crippen molar-refractivity contribution in [3.63, 3.8) is 0 Å². The molecular weight excluding hydrogens is 318 g/mol. The minimum atomic E-state index is -0.450. The molecule has 0 aliphatic carbocycles. The van der Waals surface area contributed by atoms with Gasteiger partial charge in [-0.3, -0.25) is 0 Å². The number of ether oxygens (including phenoxy) is 2. The molecule has 0 spiro atoms. The molecule has 5 nitrogen and oxygen atoms in total. The minimum absolute atomic E-state index is 0.450. The van der Waals surface area contributed by atoms with Gasteiger partial charge in [0.1, 0.15) is 0 Å². The molecule has 1 aromatic rings. The fraction of sp³-hybridized carbons (Fsp3) is 0.600. The molecule has 1 aromatic carbocycles. The fourth-order valence-electron chi connectivity index (χ4n) is 2.46. The van der Waals surface area contributed by atoms with Crippen LogP contribution in [-0.2, 0) is 9.63 Å². The summed E-state index contributed by atoms with van der Waals surface area (Å²) in [6.45, 7) is 4.23. The molecule has 0 unspecified atom stereocenters. The highest BCUT2D eigenvalue weighted by molar-refractivity contribution is 5.81. The lowest BCUT2D eigenvalue weighted by atomic mass is 10.1. The first kappa shape index (κ1) is 21.0. The van der Waals surface area contributed by atoms with Gasteiger partial charge < -0.3 is 14.3 Å². The van der Waals surface area contributed by atoms with E-state index in [-0.39, 0.29) is 0 Å². The van der Waals surface area contributed by atoms with E-state index < -0.39 is 5.97 Å². The Hall–Kier alpha value is -2.04. The molecule has 0 saturated carbocycles. The highest BCUT2D eigenvalue weighted by Crippen LogP contribution is 2.27. The lowest BCUT2D eigenvalue weighted by molar-refractivity contribution is -0.140. The summed E-state index contributed by atoms with van der Waals surface area (Å²) < 4.78 is 11.2. The molecule has 0 fully saturated rings. The quantitative estimate of drug-likeness (QED) is 0.215. The van der Waals surface area contributed by atoms with Crippen molar-refractivity contribution in [1.29, 1.82) is 0 Å². The van der Waals surface area contributed by atoms with E-state index in [0.717, 1.165) is 17.7 Å². The normalized spacial score (nSPS) is 10.8. The minimum Gasteiger partial charge on any atom is -0.493 e. The van der Waals surface area contributed by atoms with Crippen LogP contribution in [0.5, 0.6) is 11.5 Å². The average Bonchev–Trinajstić information content (AvgIpc) is 2.60. The molecule has 5 heteroatoms. The number of carbonyl (C=O) groups is 1. The number of rotatable bonds is 13. The summed E-state index contributed by atoms with van der Waals surface area (Å²) in [5, 5.41) is 3.60. The number of benzene rings is 1. The monoisotopic (exact) mass is 349 g/mol. The number of hydrogen-bond acceptors (Lipinski definition) is 5. The van der Waals surface area contributed by atoms with Gasteiger partial charge >= 0.3 is 5.97 Å². The van der Waals surface area contributed by atoms with Gasteiger partial charge in [0.25, 0.3) is 0 Å². The van der Waals surface area contributed by atoms with Crippen molar-refractivity contribution >= 4 is 12.2 Å². The number of oxime groups is 1. The van der Waals surface area contributed by atoms with Crippen molar-refractivity contribution in [3.05, 3.63) is 23.8 Å². The van der Waals surface area contributed by atoms with Crippen LogP contribution < -0.4 is 9.47 Å². The molecule has 1 rings (SSSR count). The Kier molecular flexibility index (Phi) is 11.2. The summed E-state index contributed by atoms with van der Waals surface area (Å²) >= 11 is 0. The summed E-state index contributed by atoms with van der Waals surface area (Å²) in [5.41, 5.74) is 0.775. The van der Waals surface area contributed by atoms with Crippen molar-refractivity contribution in [2.24, 2.45) is 5.16 Å². The maximum absolute atomic E-state index is 10.7. The standard InChI is InChI=1S/C20H31NO4/c1-4-5-6-7-8-9-10-11-14-24-19-13-12-18(15-20(19)23-3)16-21-25-17(2)22/h12-13,15-16H,4-11,14H2,1-3H3/b21-16+. The third kappa shape index (κ3) is 9.75. The summed E-state index contributed by atoms with van der Waals surface area (Å²) in [5.74, 6) is 0.912. The van der Waals surface area contributed by atoms with E-state index in [4.69, 9.17) is 9.47 Å². The van der Waals surface area contributed by atoms with Gasteiger partial charge in [-0.25, -0.2) is 4.79 Å². The fourth-order valence-corrected chi connectivity index (χ4v) is 2.46. The van der Waals surface area contributed by atoms with Crippen LogP contribution in [0.25, 0.3) is 0 Å². The average molecular weight is 349 g/mol. The molecule has 0 bridgehead atoms. The van der Waals surface area contributed by atoms with Crippen LogP contribution in [0.2, 0.25) is 0 Å². The van der Waals surface area contributed by atoms with Crippen molar-refractivity contribution in [2.75, 3.05) is 13.7 Å². The molecule has 0 aliphatic rings. The SMILES string of the molecule is CCCCCCCCCCOc1ccc(/C=N/OC(C)=O)cc1OC. The second-order valence-electron chi connectivity index (χ2n) is 6.05. The van der Waals surface area contributed by atoms with Crippen LogP contribution in [0.1, 0.15) is 70.8 Å². The van der Waals surface area contributed by atoms with Gasteiger partial charge in [-0.2, -0.15) is 0 Å². The zero-order valence-electron chi connectivity index (χ0n) is 15.8. The lowest BCUT2D eigenvalue weighted by Gasteiger charge is -2.11. The van der Waals surface area contributed by atoms with E-state index >= 15 is 0 Å². The van der Waals surface area contributed by atoms with Gasteiger partial charge in [0.15, 0.2) is 11.5 Å². The smallest absolute Gasteiger partial charge is 0.331 e. The first-order valence-electron chi connectivity index (χ1n) is 9.19. The molecule has 140 valence electrons. The second-order valence-corrected chi connectivity index (χ2v) is 6.05. The Morgan fingerprint density at radius 1 is 1.04 bits per heavy atom. The van der Waals surface area contributed by atoms with E-state index in [1.807, 2.05) is 12.1 Å². The van der Waals surface area contributed by atoms with Crippen molar-refractivity contribution < 1.29 is 19.1 Å². The Bertz CT molecular complexity index is 528. The summed E-state index contributed by atoms with van der Waals surface area (Å²) in [4.78, 5) is 15.2. The molecule has 0 N–H and O–H groups in total. The van der Waals surface area contributed by atoms with Crippen molar-refractivity contribution in [2.45, 2.75) is 65.2 Å². The van der Waals surface area contributed by atoms with Gasteiger partial charge in [0.05, 0.1) is 19.9 Å². The molecule has 0 radical (unpaired) electrons. The molecule has 0 aromatic heterocycles. The zero-order chi connectivity index (χ0) is 18.3. The predicted octanol–water partition coefficient (Wildman–Crippen LogP) is 5.11. The van der Waals surface area contributed by atoms with E-state index in [1.54, 1.807) is 13.2 Å². The summed E-state index contributed by atoms with van der Waals surface area (Å²) in [6, 6.07) is 5.49. The van der Waals surface area contributed by atoms with Crippen LogP contribution in [-0.4, -0.2) is 25.9 Å². The van der Waals surface area contributed by atoms with Crippen molar-refractivity contribution in [3.8, 4) is 11.5 Å². The lowest BCUT2D eigenvalue weighted by Crippen LogP contribution is -2.00. The summed E-state index contributed by atoms with van der Waals surface area (Å²) in [6.07, 6.45) is 11.7. The number of nitrogens with zero attached hydrogens (tertiary/aromatic N) is 1. The predicted molar refractivity (Wildman–Crippen MR) is 100 cm³/mol. The second kappa shape index (κ2) is 13.3. The van der Waals surface area contributed by atoms with E-state index in [2.05, 4.69) is 16.9 Å². The first-order chi connectivity index (χ1) is 12.2. The Balaban J connectivity index is 2.31. The third-order valence-corrected chi connectivity index (χ3v) is 3.83. The molecule has 0 saturated heterocycles. The van der Waals surface area contributed by atoms with Gasteiger partial charge in [-0.15, -0.1) is 0 Å². The molecule has 0 aliphatic heterocycles. The number of unbranched alkanes of at least 4 members (excludes halogenated alkanes) is 7. The van der Waals surface area contributed by atoms with Crippen LogP contribution in [0.15, 0.2) is 23.4 Å². The first-order valence-corrected chi connectivity index (χ1v) is 9.19. The van der Waals surface area contributed by atoms with E-state index in [0.29, 0.717) is 12.4 Å². The van der Waals surface area contributed by atoms with Gasteiger partial charge in [0.2, 0.25) is 0 Å². The Labute approximate surface area is 151 Å². The Morgan fingerprint density at radius 3 is 2.36 bits per heavy atom. The van der Waals surface area contributed by atoms with Crippen molar-refractivity contribution in [1.82, 2.24) is 0 Å². The third-order valence-electron chi connectivity index (χ3n) is 3.83. The maximum Gasteiger partial charge on any atom is 0.331 e. The van der Waals surface area contributed by atoms with Crippen LogP contribution in [0.3, 0.4) is 0 Å². The number of hydrogen-bond donors (Lipinski definition) is 0. The number of carbonyl (C=O) groups excluding carboxylic acids is 1. The molecule has 0 amide bonds. The molecule has 0 heterocycles. The highest BCUT2D eigenvalue weighted by Gasteiger charge is 2.05. The highest BCUT2D eigenvalue weighted by atomic mass is 16.7. The Morgan fingerprint density at radius 2 is 1.72 bits per heavy atom. The van der Waals surface area contributed by atoms with E-state index in [1.165, 1.54) is 58.1 Å². The van der Waals surface area contributed by atoms with Crippen LogP contribution in [0, 0.1) is 0 Å². The zero-order valence-corrected chi connectivity index (χ0v) is 15.8. The van der Waals surface area contributed by atoms with Gasteiger partial charge in [-0.05, 0) is 24.6 Å². The molecule has 25 heavy (non-hydrogen) atoms. The van der Waals surface area contributed by atoms with E-state index in [9.17, 15) is 4.79 Å². The topological polar surface area (TPSA) is 57.1 Å². The number of methoxy groups -OCH3 is 1. The van der Waals surface area contributed by atoms with Crippen LogP contribution in [0.4, 0.5) is 0 Å². The molecular formula is C20H31NO4.